The summed E-state index contributed by atoms with van der Waals surface area (Å²) >= 11 is 0. The van der Waals surface area contributed by atoms with Gasteiger partial charge in [-0.15, -0.1) is 0 Å². The van der Waals surface area contributed by atoms with Gasteiger partial charge < -0.3 is 0 Å². The fourth-order valence-corrected chi connectivity index (χ4v) is 27.3. The van der Waals surface area contributed by atoms with Crippen molar-refractivity contribution in [2.24, 2.45) is 0 Å². The van der Waals surface area contributed by atoms with Crippen molar-refractivity contribution in [3.8, 4) is 77.9 Å². The van der Waals surface area contributed by atoms with Crippen LogP contribution in [0.2, 0.25) is 0 Å². The molecule has 2 aliphatic heterocycles. The van der Waals surface area contributed by atoms with Crippen LogP contribution >= 0.6 is 0 Å². The molecule has 2 heterocycles. The first-order valence-corrected chi connectivity index (χ1v) is 35.5. The van der Waals surface area contributed by atoms with E-state index < -0.39 is 16.1 Å². The van der Waals surface area contributed by atoms with E-state index >= 15 is 0 Å². The van der Waals surface area contributed by atoms with E-state index in [1.807, 2.05) is 0 Å². The maximum Gasteiger partial charge on any atom is 0.181 e. The van der Waals surface area contributed by atoms with Crippen LogP contribution in [0.3, 0.4) is 0 Å². The van der Waals surface area contributed by atoms with Crippen molar-refractivity contribution in [3.63, 3.8) is 0 Å². The zero-order valence-corrected chi connectivity index (χ0v) is 51.5. The zero-order chi connectivity index (χ0) is 59.3. The third-order valence-electron chi connectivity index (χ3n) is 20.0. The second kappa shape index (κ2) is 20.8. The molecule has 2 heteroatoms. The van der Waals surface area contributed by atoms with E-state index in [1.165, 1.54) is 162 Å². The van der Waals surface area contributed by atoms with Crippen molar-refractivity contribution in [2.45, 2.75) is 0 Å². The Bertz CT molecular complexity index is 5090. The minimum Gasteiger partial charge on any atom is -0.0623 e. The zero-order valence-electron chi connectivity index (χ0n) is 49.5. The van der Waals surface area contributed by atoms with Crippen molar-refractivity contribution in [1.82, 2.24) is 0 Å². The summed E-state index contributed by atoms with van der Waals surface area (Å²) < 4.78 is 0. The molecule has 0 saturated heterocycles. The SMILES string of the molecule is c1ccc(-c2cccc3c(-c4c5cccc(-c6cccc7c6[Si](c6ccccc6)(c6ccccc6)c6ccccc6-7)c5cc5c(-c6cccc7c6[Si](c6ccccc6)(c6ccccc6)c6ccccc6-7)cccc45)c4cccc(-c5ccccc5)c4cc23)cc1. The van der Waals surface area contributed by atoms with Crippen molar-refractivity contribution in [3.05, 3.63) is 352 Å². The summed E-state index contributed by atoms with van der Waals surface area (Å²) in [5.74, 6) is 0. The fraction of sp³-hybridized carbons (Fsp3) is 0. The highest BCUT2D eigenvalue weighted by molar-refractivity contribution is 7.23. The van der Waals surface area contributed by atoms with E-state index in [0.29, 0.717) is 0 Å². The third-order valence-corrected chi connectivity index (χ3v) is 29.9. The van der Waals surface area contributed by atoms with Gasteiger partial charge in [0.1, 0.15) is 0 Å². The molecule has 90 heavy (non-hydrogen) atoms. The topological polar surface area (TPSA) is 0 Å². The van der Waals surface area contributed by atoms with Crippen LogP contribution in [0.4, 0.5) is 0 Å². The van der Waals surface area contributed by atoms with Gasteiger partial charge in [-0.1, -0.05) is 340 Å². The third kappa shape index (κ3) is 7.53. The summed E-state index contributed by atoms with van der Waals surface area (Å²) in [7, 11) is -6.01. The molecule has 0 aliphatic carbocycles. The van der Waals surface area contributed by atoms with Gasteiger partial charge in [0.15, 0.2) is 16.1 Å². The number of fused-ring (bicyclic) bond motifs is 10. The minimum atomic E-state index is -3.00. The van der Waals surface area contributed by atoms with Crippen molar-refractivity contribution < 1.29 is 0 Å². The molecule has 16 aromatic rings. The first-order valence-electron chi connectivity index (χ1n) is 31.5. The summed E-state index contributed by atoms with van der Waals surface area (Å²) in [4.78, 5) is 0. The molecule has 418 valence electrons. The van der Waals surface area contributed by atoms with Crippen LogP contribution < -0.4 is 41.5 Å². The van der Waals surface area contributed by atoms with Gasteiger partial charge >= 0.3 is 0 Å². The Morgan fingerprint density at radius 1 is 0.156 bits per heavy atom. The molecule has 0 aromatic heterocycles. The Kier molecular flexibility index (Phi) is 12.1. The molecule has 0 spiro atoms. The largest absolute Gasteiger partial charge is 0.181 e. The predicted octanol–water partition coefficient (Wildman–Crippen LogP) is 17.3. The van der Waals surface area contributed by atoms with Crippen LogP contribution in [0.5, 0.6) is 0 Å². The van der Waals surface area contributed by atoms with Crippen LogP contribution in [0.1, 0.15) is 0 Å². The maximum absolute atomic E-state index is 3.00. The van der Waals surface area contributed by atoms with E-state index in [-0.39, 0.29) is 0 Å². The molecule has 16 aromatic carbocycles. The lowest BCUT2D eigenvalue weighted by atomic mass is 9.81. The summed E-state index contributed by atoms with van der Waals surface area (Å²) in [6, 6.07) is 135. The van der Waals surface area contributed by atoms with Crippen LogP contribution in [0.25, 0.3) is 121 Å². The molecule has 0 unspecified atom stereocenters. The Labute approximate surface area is 527 Å². The molecule has 0 saturated carbocycles. The van der Waals surface area contributed by atoms with Gasteiger partial charge in [0.05, 0.1) is 0 Å². The van der Waals surface area contributed by atoms with Gasteiger partial charge in [0.25, 0.3) is 0 Å². The van der Waals surface area contributed by atoms with Gasteiger partial charge in [-0.2, -0.15) is 0 Å². The van der Waals surface area contributed by atoms with Gasteiger partial charge in [-0.3, -0.25) is 0 Å². The quantitative estimate of drug-likeness (QED) is 0.0998. The van der Waals surface area contributed by atoms with Crippen LogP contribution in [0, 0.1) is 0 Å². The molecular weight excluding hydrogens is 1110 g/mol. The minimum absolute atomic E-state index is 1.20. The van der Waals surface area contributed by atoms with Gasteiger partial charge in [-0.25, -0.2) is 0 Å². The number of hydrogen-bond donors (Lipinski definition) is 0. The van der Waals surface area contributed by atoms with Gasteiger partial charge in [0.2, 0.25) is 0 Å². The van der Waals surface area contributed by atoms with E-state index in [0.717, 1.165) is 0 Å². The monoisotopic (exact) mass is 1170 g/mol. The summed E-state index contributed by atoms with van der Waals surface area (Å²) in [5.41, 5.74) is 17.7. The average molecular weight is 1170 g/mol. The highest BCUT2D eigenvalue weighted by Crippen LogP contribution is 2.50. The first-order chi connectivity index (χ1) is 44.7. The second-order valence-corrected chi connectivity index (χ2v) is 31.7. The number of benzene rings is 16. The molecule has 0 bridgehead atoms. The predicted molar refractivity (Wildman–Crippen MR) is 389 cm³/mol. The van der Waals surface area contributed by atoms with E-state index in [2.05, 4.69) is 352 Å². The molecule has 18 rings (SSSR count). The Morgan fingerprint density at radius 2 is 0.389 bits per heavy atom. The molecule has 0 amide bonds. The normalized spacial score (nSPS) is 13.3. The summed E-state index contributed by atoms with van der Waals surface area (Å²) in [6.07, 6.45) is 0. The lowest BCUT2D eigenvalue weighted by molar-refractivity contribution is 1.64. The lowest BCUT2D eigenvalue weighted by Gasteiger charge is -2.33. The van der Waals surface area contributed by atoms with Gasteiger partial charge in [0, 0.05) is 0 Å². The molecule has 0 radical (unpaired) electrons. The first kappa shape index (κ1) is 52.1. The number of rotatable bonds is 9. The molecule has 0 fully saturated rings. The highest BCUT2D eigenvalue weighted by atomic mass is 28.3. The summed E-state index contributed by atoms with van der Waals surface area (Å²) in [5, 5.41) is 21.1. The van der Waals surface area contributed by atoms with Crippen LogP contribution in [0.15, 0.2) is 352 Å². The Hall–Kier alpha value is -11.0. The molecule has 0 atom stereocenters. The lowest BCUT2D eigenvalue weighted by Crippen LogP contribution is -2.73. The van der Waals surface area contributed by atoms with E-state index in [9.17, 15) is 0 Å². The Morgan fingerprint density at radius 3 is 0.722 bits per heavy atom. The van der Waals surface area contributed by atoms with Crippen molar-refractivity contribution in [1.29, 1.82) is 0 Å². The molecule has 0 N–H and O–H groups in total. The smallest absolute Gasteiger partial charge is 0.0623 e. The highest BCUT2D eigenvalue weighted by Gasteiger charge is 2.51. The molecule has 2 aliphatic rings. The van der Waals surface area contributed by atoms with E-state index in [4.69, 9.17) is 0 Å². The van der Waals surface area contributed by atoms with Gasteiger partial charge in [-0.05, 0) is 175 Å². The second-order valence-electron chi connectivity index (χ2n) is 24.3. The maximum atomic E-state index is 2.61. The fourth-order valence-electron chi connectivity index (χ4n) is 16.5. The van der Waals surface area contributed by atoms with Crippen molar-refractivity contribution in [2.75, 3.05) is 0 Å². The molecular formula is C88H58Si2. The standard InChI is InChI=1S/C88H58Si2/c1-7-29-59(30-8-1)65-43-23-47-71-79(65)57-80-66(60-31-9-2-10-32-60)44-24-48-72(80)85(71)86-73-49-25-45-67(75-51-27-53-77-69-41-19-21-55-83(69)89(87(75)77,61-33-11-3-12-34-61)62-35-13-4-14-36-62)81(73)58-82-68(46-26-50-74(82)86)76-52-28-54-78-70-42-20-22-56-84(70)90(88(76)78,63-37-15-5-16-38-63)64-39-17-6-18-40-64/h1-58H. The Balaban J connectivity index is 1.03. The molecule has 0 nitrogen and oxygen atoms in total. The average Bonchev–Trinajstić information content (AvgIpc) is 1.47. The van der Waals surface area contributed by atoms with E-state index in [1.54, 1.807) is 0 Å². The summed E-state index contributed by atoms with van der Waals surface area (Å²) in [6.45, 7) is 0. The van der Waals surface area contributed by atoms with Crippen molar-refractivity contribution >= 4 is 101 Å². The number of hydrogen-bond acceptors (Lipinski definition) is 0. The van der Waals surface area contributed by atoms with Crippen LogP contribution in [-0.2, 0) is 0 Å². The van der Waals surface area contributed by atoms with Crippen LogP contribution in [-0.4, -0.2) is 16.1 Å².